The number of aliphatic hydroxyl groups is 1. The highest BCUT2D eigenvalue weighted by Gasteiger charge is 2.10. The molecular weight excluding hydrogens is 169 g/mol. The molecule has 0 saturated heterocycles. The molecular formula is C10H8FNO. The largest absolute Gasteiger partial charge is 0.383 e. The summed E-state index contributed by atoms with van der Waals surface area (Å²) in [5.41, 5.74) is 0.513. The Hall–Kier alpha value is -1.66. The Bertz CT molecular complexity index is 350. The zero-order valence-electron chi connectivity index (χ0n) is 6.87. The maximum Gasteiger partial charge on any atom is 0.123 e. The molecule has 1 N–H and O–H groups in total. The Morgan fingerprint density at radius 3 is 2.46 bits per heavy atom. The molecule has 3 heteroatoms. The highest BCUT2D eigenvalue weighted by Crippen LogP contribution is 2.19. The predicted octanol–water partition coefficient (Wildman–Crippen LogP) is 1.94. The molecule has 0 amide bonds. The molecule has 1 aromatic rings. The van der Waals surface area contributed by atoms with Crippen molar-refractivity contribution in [2.75, 3.05) is 0 Å². The highest BCUT2D eigenvalue weighted by molar-refractivity contribution is 5.31. The molecule has 0 aliphatic carbocycles. The first kappa shape index (κ1) is 9.43. The summed E-state index contributed by atoms with van der Waals surface area (Å²) in [5.74, 6) is -0.376. The van der Waals surface area contributed by atoms with Crippen LogP contribution >= 0.6 is 0 Å². The number of nitrogens with zero attached hydrogens (tertiary/aromatic N) is 1. The normalized spacial score (nSPS) is 11.8. The highest BCUT2D eigenvalue weighted by atomic mass is 19.1. The second kappa shape index (κ2) is 3.83. The summed E-state index contributed by atoms with van der Waals surface area (Å²) in [4.78, 5) is 0. The van der Waals surface area contributed by atoms with Crippen molar-refractivity contribution in [2.24, 2.45) is 0 Å². The first-order valence-corrected chi connectivity index (χ1v) is 3.67. The molecule has 0 fully saturated rings. The lowest BCUT2D eigenvalue weighted by molar-refractivity contribution is 0.221. The lowest BCUT2D eigenvalue weighted by atomic mass is 10.0. The van der Waals surface area contributed by atoms with Crippen molar-refractivity contribution in [2.45, 2.75) is 6.10 Å². The van der Waals surface area contributed by atoms with Crippen LogP contribution in [0.4, 0.5) is 4.39 Å². The molecule has 0 aromatic heterocycles. The number of aliphatic hydroxyl groups excluding tert-OH is 1. The van der Waals surface area contributed by atoms with Crippen LogP contribution in [-0.4, -0.2) is 5.11 Å². The van der Waals surface area contributed by atoms with Crippen LogP contribution in [0.5, 0.6) is 0 Å². The van der Waals surface area contributed by atoms with Crippen LogP contribution in [0.15, 0.2) is 36.4 Å². The summed E-state index contributed by atoms with van der Waals surface area (Å²) >= 11 is 0. The lowest BCUT2D eigenvalue weighted by Gasteiger charge is -2.07. The molecule has 66 valence electrons. The van der Waals surface area contributed by atoms with Crippen LogP contribution in [0.3, 0.4) is 0 Å². The first-order valence-electron chi connectivity index (χ1n) is 3.67. The lowest BCUT2D eigenvalue weighted by Crippen LogP contribution is -1.98. The third kappa shape index (κ3) is 2.14. The molecule has 1 atom stereocenters. The summed E-state index contributed by atoms with van der Waals surface area (Å²) in [6.07, 6.45) is -1.04. The average molecular weight is 177 g/mol. The van der Waals surface area contributed by atoms with Crippen molar-refractivity contribution in [1.82, 2.24) is 0 Å². The topological polar surface area (TPSA) is 44.0 Å². The van der Waals surface area contributed by atoms with Gasteiger partial charge in [-0.2, -0.15) is 5.26 Å². The molecule has 0 unspecified atom stereocenters. The van der Waals surface area contributed by atoms with Crippen molar-refractivity contribution in [3.8, 4) is 6.07 Å². The molecule has 0 saturated carbocycles. The Balaban J connectivity index is 2.91. The van der Waals surface area contributed by atoms with Gasteiger partial charge in [0.2, 0.25) is 0 Å². The number of benzene rings is 1. The third-order valence-electron chi connectivity index (χ3n) is 1.66. The SMILES string of the molecule is C=C(C#N)[C@@H](O)c1ccc(F)cc1. The van der Waals surface area contributed by atoms with Gasteiger partial charge in [-0.25, -0.2) is 4.39 Å². The van der Waals surface area contributed by atoms with Crippen LogP contribution in [0.2, 0.25) is 0 Å². The van der Waals surface area contributed by atoms with Crippen molar-refractivity contribution < 1.29 is 9.50 Å². The van der Waals surface area contributed by atoms with E-state index >= 15 is 0 Å². The van der Waals surface area contributed by atoms with Gasteiger partial charge < -0.3 is 5.11 Å². The molecule has 0 heterocycles. The number of nitriles is 1. The van der Waals surface area contributed by atoms with Gasteiger partial charge in [0, 0.05) is 0 Å². The molecule has 1 aromatic carbocycles. The van der Waals surface area contributed by atoms with Crippen molar-refractivity contribution in [1.29, 1.82) is 5.26 Å². The summed E-state index contributed by atoms with van der Waals surface area (Å²) in [6.45, 7) is 3.37. The Labute approximate surface area is 75.6 Å². The van der Waals surface area contributed by atoms with E-state index in [1.807, 2.05) is 0 Å². The van der Waals surface area contributed by atoms with E-state index in [0.717, 1.165) is 0 Å². The fourth-order valence-corrected chi connectivity index (χ4v) is 0.907. The first-order chi connectivity index (χ1) is 6.15. The Morgan fingerprint density at radius 1 is 1.46 bits per heavy atom. The fraction of sp³-hybridized carbons (Fsp3) is 0.100. The van der Waals surface area contributed by atoms with E-state index in [2.05, 4.69) is 6.58 Å². The number of rotatable bonds is 2. The second-order valence-corrected chi connectivity index (χ2v) is 2.59. The maximum absolute atomic E-state index is 12.5. The molecule has 2 nitrogen and oxygen atoms in total. The van der Waals surface area contributed by atoms with Gasteiger partial charge in [0.25, 0.3) is 0 Å². The van der Waals surface area contributed by atoms with Gasteiger partial charge in [-0.3, -0.25) is 0 Å². The van der Waals surface area contributed by atoms with E-state index in [1.54, 1.807) is 6.07 Å². The van der Waals surface area contributed by atoms with E-state index in [-0.39, 0.29) is 11.4 Å². The number of hydrogen-bond acceptors (Lipinski definition) is 2. The predicted molar refractivity (Wildman–Crippen MR) is 46.1 cm³/mol. The molecule has 1 rings (SSSR count). The molecule has 0 spiro atoms. The number of hydrogen-bond donors (Lipinski definition) is 1. The van der Waals surface area contributed by atoms with E-state index in [4.69, 9.17) is 5.26 Å². The van der Waals surface area contributed by atoms with E-state index in [0.29, 0.717) is 5.56 Å². The monoisotopic (exact) mass is 177 g/mol. The van der Waals surface area contributed by atoms with Gasteiger partial charge >= 0.3 is 0 Å². The summed E-state index contributed by atoms with van der Waals surface area (Å²) in [5, 5.41) is 17.9. The summed E-state index contributed by atoms with van der Waals surface area (Å²) < 4.78 is 12.5. The molecule has 13 heavy (non-hydrogen) atoms. The van der Waals surface area contributed by atoms with Crippen LogP contribution in [0, 0.1) is 17.1 Å². The van der Waals surface area contributed by atoms with Gasteiger partial charge in [-0.05, 0) is 17.7 Å². The minimum atomic E-state index is -1.04. The van der Waals surface area contributed by atoms with Crippen molar-refractivity contribution in [3.05, 3.63) is 47.8 Å². The van der Waals surface area contributed by atoms with E-state index < -0.39 is 6.10 Å². The van der Waals surface area contributed by atoms with Crippen LogP contribution in [-0.2, 0) is 0 Å². The fourth-order valence-electron chi connectivity index (χ4n) is 0.907. The Kier molecular flexibility index (Phi) is 2.78. The van der Waals surface area contributed by atoms with Gasteiger partial charge in [0.15, 0.2) is 0 Å². The van der Waals surface area contributed by atoms with Gasteiger partial charge in [0.1, 0.15) is 11.9 Å². The molecule has 0 bridgehead atoms. The standard InChI is InChI=1S/C10H8FNO/c1-7(6-12)10(13)8-2-4-9(11)5-3-8/h2-5,10,13H,1H2/t10-/m1/s1. The van der Waals surface area contributed by atoms with Gasteiger partial charge in [-0.15, -0.1) is 0 Å². The Morgan fingerprint density at radius 2 is 2.00 bits per heavy atom. The third-order valence-corrected chi connectivity index (χ3v) is 1.66. The smallest absolute Gasteiger partial charge is 0.123 e. The zero-order valence-corrected chi connectivity index (χ0v) is 6.87. The van der Waals surface area contributed by atoms with E-state index in [1.165, 1.54) is 24.3 Å². The summed E-state index contributed by atoms with van der Waals surface area (Å²) in [6, 6.07) is 7.03. The quantitative estimate of drug-likeness (QED) is 0.701. The van der Waals surface area contributed by atoms with E-state index in [9.17, 15) is 9.50 Å². The molecule has 0 radical (unpaired) electrons. The van der Waals surface area contributed by atoms with Crippen LogP contribution in [0.1, 0.15) is 11.7 Å². The van der Waals surface area contributed by atoms with Crippen LogP contribution in [0.25, 0.3) is 0 Å². The molecule has 0 aliphatic rings. The van der Waals surface area contributed by atoms with Crippen molar-refractivity contribution in [3.63, 3.8) is 0 Å². The minimum absolute atomic E-state index is 0.0478. The van der Waals surface area contributed by atoms with Crippen molar-refractivity contribution >= 4 is 0 Å². The average Bonchev–Trinajstić information content (AvgIpc) is 2.17. The summed E-state index contributed by atoms with van der Waals surface area (Å²) in [7, 11) is 0. The minimum Gasteiger partial charge on any atom is -0.383 e. The number of halogens is 1. The zero-order chi connectivity index (χ0) is 9.84. The molecule has 0 aliphatic heterocycles. The van der Waals surface area contributed by atoms with Gasteiger partial charge in [-0.1, -0.05) is 18.7 Å². The van der Waals surface area contributed by atoms with Gasteiger partial charge in [0.05, 0.1) is 11.6 Å². The second-order valence-electron chi connectivity index (χ2n) is 2.59. The maximum atomic E-state index is 12.5. The van der Waals surface area contributed by atoms with Crippen LogP contribution < -0.4 is 0 Å².